The lowest BCUT2D eigenvalue weighted by atomic mass is 10.0. The van der Waals surface area contributed by atoms with Gasteiger partial charge in [0.25, 0.3) is 0 Å². The number of allylic oxidation sites excluding steroid dienone is 1. The van der Waals surface area contributed by atoms with Crippen molar-refractivity contribution in [3.05, 3.63) is 40.6 Å². The zero-order valence-corrected chi connectivity index (χ0v) is 14.3. The Hall–Kier alpha value is -0.510. The molecule has 0 fully saturated rings. The fourth-order valence-corrected chi connectivity index (χ4v) is 2.71. The number of aliphatic hydroxyl groups excluding tert-OH is 1. The highest BCUT2D eigenvalue weighted by Gasteiger charge is 2.07. The Morgan fingerprint density at radius 1 is 1.39 bits per heavy atom. The van der Waals surface area contributed by atoms with Crippen LogP contribution in [-0.2, 0) is 0 Å². The highest BCUT2D eigenvalue weighted by atomic mass is 127. The molecule has 0 saturated carbocycles. The Labute approximate surface area is 125 Å². The second-order valence-electron chi connectivity index (χ2n) is 4.16. The molecule has 1 rings (SSSR count). The van der Waals surface area contributed by atoms with E-state index in [2.05, 4.69) is 54.6 Å². The predicted molar refractivity (Wildman–Crippen MR) is 90.5 cm³/mol. The standard InChI is InChI=1S/C14H19IO.C2H6/c1-4-5-14(15)13-7-6-12(9-11(3)16)10(2)8-13;1-2/h6-9,14,16H,4-5H2,1-3H3;1-2H3/b11-9+;. The van der Waals surface area contributed by atoms with Crippen LogP contribution >= 0.6 is 22.6 Å². The molecule has 0 aliphatic heterocycles. The number of hydrogen-bond acceptors (Lipinski definition) is 1. The minimum absolute atomic E-state index is 0.357. The average Bonchev–Trinajstić information content (AvgIpc) is 2.34. The minimum atomic E-state index is 0.357. The number of rotatable bonds is 4. The Balaban J connectivity index is 0.00000137. The van der Waals surface area contributed by atoms with Gasteiger partial charge in [-0.15, -0.1) is 0 Å². The van der Waals surface area contributed by atoms with Crippen molar-refractivity contribution in [3.63, 3.8) is 0 Å². The Morgan fingerprint density at radius 2 is 2.00 bits per heavy atom. The molecule has 102 valence electrons. The molecule has 1 atom stereocenters. The SMILES string of the molecule is CC.CCCC(I)c1ccc(/C=C(\C)O)c(C)c1. The second kappa shape index (κ2) is 9.42. The van der Waals surface area contributed by atoms with Gasteiger partial charge in [-0.25, -0.2) is 0 Å². The van der Waals surface area contributed by atoms with Crippen LogP contribution in [0.4, 0.5) is 0 Å². The third kappa shape index (κ3) is 5.89. The van der Waals surface area contributed by atoms with Crippen molar-refractivity contribution in [1.82, 2.24) is 0 Å². The predicted octanol–water partition coefficient (Wildman–Crippen LogP) is 6.22. The van der Waals surface area contributed by atoms with Crippen molar-refractivity contribution in [3.8, 4) is 0 Å². The molecule has 1 aromatic rings. The average molecular weight is 360 g/mol. The van der Waals surface area contributed by atoms with E-state index in [1.54, 1.807) is 13.0 Å². The second-order valence-corrected chi connectivity index (χ2v) is 5.66. The van der Waals surface area contributed by atoms with E-state index in [1.807, 2.05) is 13.8 Å². The van der Waals surface area contributed by atoms with Crippen molar-refractivity contribution in [1.29, 1.82) is 0 Å². The molecular formula is C16H25IO. The van der Waals surface area contributed by atoms with Crippen LogP contribution in [0.25, 0.3) is 6.08 Å². The van der Waals surface area contributed by atoms with Gasteiger partial charge in [0, 0.05) is 3.92 Å². The van der Waals surface area contributed by atoms with Crippen molar-refractivity contribution in [2.75, 3.05) is 0 Å². The summed E-state index contributed by atoms with van der Waals surface area (Å²) in [5.74, 6) is 0.357. The molecule has 0 radical (unpaired) electrons. The molecule has 2 heteroatoms. The van der Waals surface area contributed by atoms with Gasteiger partial charge in [0.1, 0.15) is 0 Å². The summed E-state index contributed by atoms with van der Waals surface area (Å²) in [6.07, 6.45) is 4.24. The number of benzene rings is 1. The van der Waals surface area contributed by atoms with Crippen molar-refractivity contribution in [2.45, 2.75) is 51.4 Å². The molecule has 0 bridgehead atoms. The number of hydrogen-bond donors (Lipinski definition) is 1. The molecule has 0 heterocycles. The third-order valence-corrected chi connectivity index (χ3v) is 3.90. The van der Waals surface area contributed by atoms with Gasteiger partial charge in [-0.05, 0) is 43.0 Å². The lowest BCUT2D eigenvalue weighted by Gasteiger charge is -2.11. The molecule has 1 N–H and O–H groups in total. The topological polar surface area (TPSA) is 20.2 Å². The largest absolute Gasteiger partial charge is 0.513 e. The molecule has 0 aliphatic carbocycles. The van der Waals surface area contributed by atoms with Gasteiger partial charge in [0.2, 0.25) is 0 Å². The zero-order chi connectivity index (χ0) is 14.1. The Morgan fingerprint density at radius 3 is 2.44 bits per heavy atom. The van der Waals surface area contributed by atoms with E-state index in [0.29, 0.717) is 9.68 Å². The lowest BCUT2D eigenvalue weighted by molar-refractivity contribution is 0.420. The Kier molecular flexibility index (Phi) is 9.16. The number of alkyl halides is 1. The number of aryl methyl sites for hydroxylation is 1. The third-order valence-electron chi connectivity index (χ3n) is 2.56. The first-order valence-electron chi connectivity index (χ1n) is 6.66. The van der Waals surface area contributed by atoms with Crippen molar-refractivity contribution < 1.29 is 5.11 Å². The van der Waals surface area contributed by atoms with E-state index in [4.69, 9.17) is 0 Å². The summed E-state index contributed by atoms with van der Waals surface area (Å²) < 4.78 is 0.592. The Bertz CT molecular complexity index is 379. The van der Waals surface area contributed by atoms with Crippen LogP contribution in [0.1, 0.15) is 61.2 Å². The van der Waals surface area contributed by atoms with Gasteiger partial charge in [0.05, 0.1) is 5.76 Å². The highest BCUT2D eigenvalue weighted by molar-refractivity contribution is 14.1. The zero-order valence-electron chi connectivity index (χ0n) is 12.1. The summed E-state index contributed by atoms with van der Waals surface area (Å²) in [7, 11) is 0. The number of halogens is 1. The van der Waals surface area contributed by atoms with E-state index in [1.165, 1.54) is 24.0 Å². The molecule has 0 aliphatic rings. The first-order valence-corrected chi connectivity index (χ1v) is 7.91. The van der Waals surface area contributed by atoms with Crippen LogP contribution in [-0.4, -0.2) is 5.11 Å². The summed E-state index contributed by atoms with van der Waals surface area (Å²) in [6, 6.07) is 6.47. The highest BCUT2D eigenvalue weighted by Crippen LogP contribution is 2.29. The van der Waals surface area contributed by atoms with E-state index in [0.717, 1.165) is 5.56 Å². The van der Waals surface area contributed by atoms with E-state index in [-0.39, 0.29) is 0 Å². The van der Waals surface area contributed by atoms with Gasteiger partial charge in [-0.1, -0.05) is 68.0 Å². The summed E-state index contributed by atoms with van der Waals surface area (Å²) in [5.41, 5.74) is 3.71. The summed E-state index contributed by atoms with van der Waals surface area (Å²) in [4.78, 5) is 0. The van der Waals surface area contributed by atoms with E-state index in [9.17, 15) is 5.11 Å². The lowest BCUT2D eigenvalue weighted by Crippen LogP contribution is -1.92. The first-order chi connectivity index (χ1) is 8.54. The molecule has 0 saturated heterocycles. The van der Waals surface area contributed by atoms with Gasteiger partial charge in [0.15, 0.2) is 0 Å². The quantitative estimate of drug-likeness (QED) is 0.384. The van der Waals surface area contributed by atoms with Crippen LogP contribution in [0.5, 0.6) is 0 Å². The van der Waals surface area contributed by atoms with Crippen LogP contribution in [0.2, 0.25) is 0 Å². The molecule has 1 unspecified atom stereocenters. The number of aliphatic hydroxyl groups is 1. The van der Waals surface area contributed by atoms with Crippen LogP contribution in [0.3, 0.4) is 0 Å². The first kappa shape index (κ1) is 17.5. The summed E-state index contributed by atoms with van der Waals surface area (Å²) in [6.45, 7) is 10.0. The molecule has 1 nitrogen and oxygen atoms in total. The van der Waals surface area contributed by atoms with Crippen molar-refractivity contribution in [2.24, 2.45) is 0 Å². The molecule has 0 aromatic heterocycles. The maximum Gasteiger partial charge on any atom is 0.0897 e. The fourth-order valence-electron chi connectivity index (χ4n) is 1.70. The minimum Gasteiger partial charge on any atom is -0.513 e. The normalized spacial score (nSPS) is 12.7. The van der Waals surface area contributed by atoms with Crippen molar-refractivity contribution >= 4 is 28.7 Å². The van der Waals surface area contributed by atoms with Gasteiger partial charge >= 0.3 is 0 Å². The van der Waals surface area contributed by atoms with Crippen LogP contribution in [0.15, 0.2) is 24.0 Å². The summed E-state index contributed by atoms with van der Waals surface area (Å²) in [5, 5.41) is 9.25. The molecule has 1 aromatic carbocycles. The van der Waals surface area contributed by atoms with Gasteiger partial charge in [-0.2, -0.15) is 0 Å². The fraction of sp³-hybridized carbons (Fsp3) is 0.500. The van der Waals surface area contributed by atoms with Crippen LogP contribution < -0.4 is 0 Å². The van der Waals surface area contributed by atoms with E-state index < -0.39 is 0 Å². The maximum atomic E-state index is 9.25. The summed E-state index contributed by atoms with van der Waals surface area (Å²) >= 11 is 2.50. The van der Waals surface area contributed by atoms with Gasteiger partial charge < -0.3 is 5.11 Å². The molecule has 0 spiro atoms. The maximum absolute atomic E-state index is 9.25. The van der Waals surface area contributed by atoms with Crippen LogP contribution in [0, 0.1) is 6.92 Å². The van der Waals surface area contributed by atoms with Gasteiger partial charge in [-0.3, -0.25) is 0 Å². The monoisotopic (exact) mass is 360 g/mol. The molecule has 0 amide bonds. The molecular weight excluding hydrogens is 335 g/mol. The smallest absolute Gasteiger partial charge is 0.0897 e. The van der Waals surface area contributed by atoms with E-state index >= 15 is 0 Å². The molecule has 18 heavy (non-hydrogen) atoms.